The Kier molecular flexibility index (Phi) is 9.09. The maximum atomic E-state index is 5.35. The highest BCUT2D eigenvalue weighted by Gasteiger charge is 2.24. The monoisotopic (exact) mass is 526 g/mol. The Balaban J connectivity index is 0.00000320. The first-order valence-corrected chi connectivity index (χ1v) is 10.5. The topological polar surface area (TPSA) is 78.6 Å². The molecule has 3 rings (SSSR count). The van der Waals surface area contributed by atoms with E-state index in [-0.39, 0.29) is 29.4 Å². The fraction of sp³-hybridized carbons (Fsp3) is 0.591. The van der Waals surface area contributed by atoms with Crippen LogP contribution in [0.15, 0.2) is 39.8 Å². The van der Waals surface area contributed by atoms with Gasteiger partial charge in [-0.25, -0.2) is 0 Å². The summed E-state index contributed by atoms with van der Waals surface area (Å²) >= 11 is 0. The fourth-order valence-corrected chi connectivity index (χ4v) is 3.55. The van der Waals surface area contributed by atoms with Gasteiger partial charge in [0.15, 0.2) is 11.8 Å². The standard InChI is InChI=1S/C22H34N6O.HI/c1-16(17-9-7-6-8-10-17)28-13-11-18(12-14-28)25-21(23-5)24-15-19-26-20(29-27-19)22(2,3)4;/h6-10,16,18H,11-15H2,1-5H3,(H2,23,24,25);1H. The van der Waals surface area contributed by atoms with Gasteiger partial charge in [0.25, 0.3) is 0 Å². The quantitative estimate of drug-likeness (QED) is 0.350. The molecule has 0 radical (unpaired) electrons. The van der Waals surface area contributed by atoms with Gasteiger partial charge in [-0.05, 0) is 25.3 Å². The molecule has 1 atom stereocenters. The van der Waals surface area contributed by atoms with Crippen molar-refractivity contribution in [1.29, 1.82) is 0 Å². The van der Waals surface area contributed by atoms with Crippen molar-refractivity contribution >= 4 is 29.9 Å². The molecule has 1 aromatic heterocycles. The summed E-state index contributed by atoms with van der Waals surface area (Å²) < 4.78 is 5.35. The van der Waals surface area contributed by atoms with Gasteiger partial charge in [0.2, 0.25) is 5.89 Å². The fourth-order valence-electron chi connectivity index (χ4n) is 3.55. The van der Waals surface area contributed by atoms with Crippen LogP contribution >= 0.6 is 24.0 Å². The number of aromatic nitrogens is 2. The molecule has 1 fully saturated rings. The molecule has 0 amide bonds. The molecule has 0 saturated carbocycles. The molecular weight excluding hydrogens is 491 g/mol. The number of piperidine rings is 1. The Morgan fingerprint density at radius 1 is 1.23 bits per heavy atom. The molecule has 166 valence electrons. The Hall–Kier alpha value is -1.68. The van der Waals surface area contributed by atoms with Crippen LogP contribution in [0.2, 0.25) is 0 Å². The van der Waals surface area contributed by atoms with E-state index < -0.39 is 0 Å². The molecule has 1 unspecified atom stereocenters. The lowest BCUT2D eigenvalue weighted by Crippen LogP contribution is -2.48. The summed E-state index contributed by atoms with van der Waals surface area (Å²) in [5, 5.41) is 10.9. The lowest BCUT2D eigenvalue weighted by Gasteiger charge is -2.36. The molecule has 2 N–H and O–H groups in total. The maximum absolute atomic E-state index is 5.35. The molecule has 0 bridgehead atoms. The van der Waals surface area contributed by atoms with Crippen molar-refractivity contribution < 1.29 is 4.52 Å². The number of likely N-dealkylation sites (tertiary alicyclic amines) is 1. The maximum Gasteiger partial charge on any atom is 0.232 e. The van der Waals surface area contributed by atoms with Crippen LogP contribution in [0.3, 0.4) is 0 Å². The number of guanidine groups is 1. The van der Waals surface area contributed by atoms with Gasteiger partial charge >= 0.3 is 0 Å². The minimum Gasteiger partial charge on any atom is -0.354 e. The van der Waals surface area contributed by atoms with E-state index in [9.17, 15) is 0 Å². The Labute approximate surface area is 197 Å². The van der Waals surface area contributed by atoms with Crippen LogP contribution in [0.5, 0.6) is 0 Å². The predicted molar refractivity (Wildman–Crippen MR) is 131 cm³/mol. The van der Waals surface area contributed by atoms with E-state index in [1.807, 2.05) is 0 Å². The number of hydrogen-bond donors (Lipinski definition) is 2. The van der Waals surface area contributed by atoms with Crippen LogP contribution < -0.4 is 10.6 Å². The highest BCUT2D eigenvalue weighted by molar-refractivity contribution is 14.0. The summed E-state index contributed by atoms with van der Waals surface area (Å²) in [5.74, 6) is 2.07. The van der Waals surface area contributed by atoms with Gasteiger partial charge in [-0.15, -0.1) is 24.0 Å². The van der Waals surface area contributed by atoms with Crippen molar-refractivity contribution in [3.63, 3.8) is 0 Å². The number of benzene rings is 1. The molecule has 1 aliphatic heterocycles. The summed E-state index contributed by atoms with van der Waals surface area (Å²) in [7, 11) is 1.79. The third kappa shape index (κ3) is 6.66. The third-order valence-electron chi connectivity index (χ3n) is 5.45. The molecule has 8 heteroatoms. The first-order valence-electron chi connectivity index (χ1n) is 10.5. The van der Waals surface area contributed by atoms with Gasteiger partial charge in [0.05, 0.1) is 6.54 Å². The minimum atomic E-state index is -0.143. The average Bonchev–Trinajstić information content (AvgIpc) is 3.21. The van der Waals surface area contributed by atoms with Crippen molar-refractivity contribution in [3.05, 3.63) is 47.6 Å². The average molecular weight is 526 g/mol. The zero-order valence-electron chi connectivity index (χ0n) is 18.7. The van der Waals surface area contributed by atoms with E-state index >= 15 is 0 Å². The Bertz CT molecular complexity index is 793. The van der Waals surface area contributed by atoms with E-state index in [1.165, 1.54) is 5.56 Å². The van der Waals surface area contributed by atoms with Crippen molar-refractivity contribution in [1.82, 2.24) is 25.7 Å². The van der Waals surface area contributed by atoms with Crippen LogP contribution in [0, 0.1) is 0 Å². The van der Waals surface area contributed by atoms with Gasteiger partial charge < -0.3 is 15.2 Å². The highest BCUT2D eigenvalue weighted by Crippen LogP contribution is 2.24. The number of nitrogens with one attached hydrogen (secondary N) is 2. The third-order valence-corrected chi connectivity index (χ3v) is 5.45. The minimum absolute atomic E-state index is 0. The summed E-state index contributed by atoms with van der Waals surface area (Å²) in [6, 6.07) is 11.6. The lowest BCUT2D eigenvalue weighted by atomic mass is 9.97. The summed E-state index contributed by atoms with van der Waals surface area (Å²) in [6.45, 7) is 11.1. The van der Waals surface area contributed by atoms with Gasteiger partial charge in [0, 0.05) is 37.6 Å². The smallest absolute Gasteiger partial charge is 0.232 e. The van der Waals surface area contributed by atoms with Crippen LogP contribution in [0.1, 0.15) is 63.9 Å². The summed E-state index contributed by atoms with van der Waals surface area (Å²) in [4.78, 5) is 11.4. The summed E-state index contributed by atoms with van der Waals surface area (Å²) in [6.07, 6.45) is 2.18. The molecule has 2 aromatic rings. The molecule has 0 aliphatic carbocycles. The molecule has 7 nitrogen and oxygen atoms in total. The van der Waals surface area contributed by atoms with Crippen molar-refractivity contribution in [2.75, 3.05) is 20.1 Å². The number of rotatable bonds is 5. The highest BCUT2D eigenvalue weighted by atomic mass is 127. The number of hydrogen-bond acceptors (Lipinski definition) is 5. The van der Waals surface area contributed by atoms with E-state index in [0.29, 0.717) is 30.3 Å². The SMILES string of the molecule is CN=C(NCc1noc(C(C)(C)C)n1)NC1CCN(C(C)c2ccccc2)CC1.I. The molecule has 30 heavy (non-hydrogen) atoms. The molecule has 1 aliphatic rings. The van der Waals surface area contributed by atoms with Crippen LogP contribution in [-0.2, 0) is 12.0 Å². The first kappa shape index (κ1) is 24.6. The largest absolute Gasteiger partial charge is 0.354 e. The number of halogens is 1. The zero-order chi connectivity index (χ0) is 20.9. The molecular formula is C22H35IN6O. The second kappa shape index (κ2) is 11.1. The second-order valence-corrected chi connectivity index (χ2v) is 8.73. The number of aliphatic imine (C=N–C) groups is 1. The van der Waals surface area contributed by atoms with Gasteiger partial charge in [-0.3, -0.25) is 9.89 Å². The lowest BCUT2D eigenvalue weighted by molar-refractivity contribution is 0.158. The second-order valence-electron chi connectivity index (χ2n) is 8.73. The zero-order valence-corrected chi connectivity index (χ0v) is 21.0. The molecule has 2 heterocycles. The van der Waals surface area contributed by atoms with Crippen molar-refractivity contribution in [2.24, 2.45) is 4.99 Å². The predicted octanol–water partition coefficient (Wildman–Crippen LogP) is 3.88. The van der Waals surface area contributed by atoms with Gasteiger partial charge in [-0.2, -0.15) is 4.98 Å². The van der Waals surface area contributed by atoms with E-state index in [4.69, 9.17) is 4.52 Å². The van der Waals surface area contributed by atoms with E-state index in [1.54, 1.807) is 7.05 Å². The normalized spacial score (nSPS) is 17.3. The first-order chi connectivity index (χ1) is 13.9. The summed E-state index contributed by atoms with van der Waals surface area (Å²) in [5.41, 5.74) is 1.24. The van der Waals surface area contributed by atoms with Gasteiger partial charge in [0.1, 0.15) is 0 Å². The van der Waals surface area contributed by atoms with Crippen LogP contribution in [-0.4, -0.2) is 47.2 Å². The van der Waals surface area contributed by atoms with Crippen LogP contribution in [0.4, 0.5) is 0 Å². The van der Waals surface area contributed by atoms with Crippen molar-refractivity contribution in [2.45, 2.75) is 64.6 Å². The van der Waals surface area contributed by atoms with E-state index in [2.05, 4.69) is 88.7 Å². The molecule has 0 spiro atoms. The van der Waals surface area contributed by atoms with Gasteiger partial charge in [-0.1, -0.05) is 56.3 Å². The van der Waals surface area contributed by atoms with Crippen molar-refractivity contribution in [3.8, 4) is 0 Å². The Morgan fingerprint density at radius 2 is 1.90 bits per heavy atom. The van der Waals surface area contributed by atoms with Crippen LogP contribution in [0.25, 0.3) is 0 Å². The van der Waals surface area contributed by atoms with E-state index in [0.717, 1.165) is 31.9 Å². The molecule has 1 saturated heterocycles. The number of nitrogens with zero attached hydrogens (tertiary/aromatic N) is 4. The Morgan fingerprint density at radius 3 is 2.47 bits per heavy atom. The molecule has 1 aromatic carbocycles.